The Kier molecular flexibility index (Phi) is 3.74. The molecular weight excluding hydrogens is 336 g/mol. The Hall–Kier alpha value is -0.920. The number of anilines is 1. The highest BCUT2D eigenvalue weighted by molar-refractivity contribution is 9.11. The molecule has 0 amide bonds. The number of halogens is 1. The molecule has 7 heteroatoms. The average molecular weight is 347 g/mol. The van der Waals surface area contributed by atoms with Crippen molar-refractivity contribution in [1.29, 1.82) is 0 Å². The van der Waals surface area contributed by atoms with E-state index in [1.54, 1.807) is 31.5 Å². The molecule has 0 saturated carbocycles. The van der Waals surface area contributed by atoms with Crippen LogP contribution in [0.4, 0.5) is 5.69 Å². The van der Waals surface area contributed by atoms with Gasteiger partial charge >= 0.3 is 0 Å². The normalized spacial score (nSPS) is 11.5. The summed E-state index contributed by atoms with van der Waals surface area (Å²) < 4.78 is 28.0. The first kappa shape index (κ1) is 13.5. The topological polar surface area (TPSA) is 59.1 Å². The second-order valence-corrected chi connectivity index (χ2v) is 8.10. The van der Waals surface area contributed by atoms with E-state index in [-0.39, 0.29) is 0 Å². The third-order valence-corrected chi connectivity index (χ3v) is 6.34. The molecule has 2 aromatic heterocycles. The summed E-state index contributed by atoms with van der Waals surface area (Å²) in [4.78, 5) is 3.93. The van der Waals surface area contributed by atoms with Crippen LogP contribution in [0.25, 0.3) is 0 Å². The fourth-order valence-electron chi connectivity index (χ4n) is 1.35. The fraction of sp³-hybridized carbons (Fsp3) is 0.182. The van der Waals surface area contributed by atoms with Gasteiger partial charge in [-0.3, -0.25) is 9.71 Å². The van der Waals surface area contributed by atoms with Gasteiger partial charge in [-0.05, 0) is 53.0 Å². The second kappa shape index (κ2) is 4.99. The van der Waals surface area contributed by atoms with Gasteiger partial charge in [-0.15, -0.1) is 11.3 Å². The Morgan fingerprint density at radius 2 is 2.06 bits per heavy atom. The van der Waals surface area contributed by atoms with Crippen LogP contribution in [0.3, 0.4) is 0 Å². The monoisotopic (exact) mass is 346 g/mol. The average Bonchev–Trinajstić information content (AvgIpc) is 2.63. The van der Waals surface area contributed by atoms with Crippen LogP contribution in [0.15, 0.2) is 32.5 Å². The number of aromatic nitrogens is 1. The number of hydrogen-bond acceptors (Lipinski definition) is 4. The van der Waals surface area contributed by atoms with Crippen LogP contribution in [0, 0.1) is 13.8 Å². The van der Waals surface area contributed by atoms with E-state index in [1.165, 1.54) is 11.3 Å². The number of pyridine rings is 1. The molecule has 0 spiro atoms. The Labute approximate surface area is 118 Å². The van der Waals surface area contributed by atoms with Gasteiger partial charge in [-0.1, -0.05) is 0 Å². The predicted molar refractivity (Wildman–Crippen MR) is 76.5 cm³/mol. The minimum absolute atomic E-state index is 0.295. The summed E-state index contributed by atoms with van der Waals surface area (Å²) in [7, 11) is -3.53. The lowest BCUT2D eigenvalue weighted by Crippen LogP contribution is -2.12. The highest BCUT2D eigenvalue weighted by atomic mass is 79.9. The van der Waals surface area contributed by atoms with Crippen LogP contribution in [0.2, 0.25) is 0 Å². The summed E-state index contributed by atoms with van der Waals surface area (Å²) in [5.74, 6) is 0. The molecule has 0 aliphatic heterocycles. The number of nitrogens with zero attached hydrogens (tertiary/aromatic N) is 1. The van der Waals surface area contributed by atoms with E-state index in [1.807, 2.05) is 6.92 Å². The number of sulfonamides is 1. The largest absolute Gasteiger partial charge is 0.279 e. The molecule has 18 heavy (non-hydrogen) atoms. The highest BCUT2D eigenvalue weighted by Crippen LogP contribution is 2.31. The minimum Gasteiger partial charge on any atom is -0.279 e. The lowest BCUT2D eigenvalue weighted by molar-refractivity contribution is 0.603. The van der Waals surface area contributed by atoms with E-state index in [4.69, 9.17) is 0 Å². The molecule has 2 rings (SSSR count). The lowest BCUT2D eigenvalue weighted by Gasteiger charge is -2.08. The van der Waals surface area contributed by atoms with Crippen molar-refractivity contribution in [2.24, 2.45) is 0 Å². The zero-order chi connectivity index (χ0) is 13.3. The van der Waals surface area contributed by atoms with Crippen molar-refractivity contribution in [2.45, 2.75) is 18.1 Å². The number of nitrogens with one attached hydrogen (secondary N) is 1. The van der Waals surface area contributed by atoms with E-state index in [0.29, 0.717) is 9.90 Å². The Bertz CT molecular complexity index is 661. The van der Waals surface area contributed by atoms with Crippen LogP contribution in [-0.2, 0) is 10.0 Å². The highest BCUT2D eigenvalue weighted by Gasteiger charge is 2.19. The summed E-state index contributed by atoms with van der Waals surface area (Å²) in [6.07, 6.45) is 3.17. The smallest absolute Gasteiger partial charge is 0.271 e. The van der Waals surface area contributed by atoms with E-state index in [0.717, 1.165) is 14.9 Å². The molecule has 0 bridgehead atoms. The van der Waals surface area contributed by atoms with Crippen molar-refractivity contribution in [2.75, 3.05) is 4.72 Å². The second-order valence-electron chi connectivity index (χ2n) is 3.82. The van der Waals surface area contributed by atoms with Crippen molar-refractivity contribution in [1.82, 2.24) is 4.98 Å². The zero-order valence-electron chi connectivity index (χ0n) is 9.77. The molecule has 2 heterocycles. The summed E-state index contributed by atoms with van der Waals surface area (Å²) in [6, 6.07) is 3.29. The number of rotatable bonds is 3. The van der Waals surface area contributed by atoms with Gasteiger partial charge in [-0.25, -0.2) is 8.42 Å². The van der Waals surface area contributed by atoms with Gasteiger partial charge in [0.15, 0.2) is 0 Å². The zero-order valence-corrected chi connectivity index (χ0v) is 13.0. The Morgan fingerprint density at radius 3 is 2.61 bits per heavy atom. The molecule has 2 aromatic rings. The van der Waals surface area contributed by atoms with Gasteiger partial charge in [0.2, 0.25) is 0 Å². The van der Waals surface area contributed by atoms with Crippen LogP contribution < -0.4 is 4.72 Å². The Balaban J connectivity index is 2.36. The van der Waals surface area contributed by atoms with Gasteiger partial charge in [0.25, 0.3) is 10.0 Å². The molecule has 96 valence electrons. The third kappa shape index (κ3) is 2.73. The van der Waals surface area contributed by atoms with E-state index in [2.05, 4.69) is 25.6 Å². The molecule has 0 unspecified atom stereocenters. The van der Waals surface area contributed by atoms with Crippen molar-refractivity contribution in [3.05, 3.63) is 39.4 Å². The van der Waals surface area contributed by atoms with E-state index < -0.39 is 10.0 Å². The third-order valence-electron chi connectivity index (χ3n) is 2.36. The van der Waals surface area contributed by atoms with Crippen molar-refractivity contribution in [3.63, 3.8) is 0 Å². The maximum Gasteiger partial charge on any atom is 0.271 e. The van der Waals surface area contributed by atoms with Crippen LogP contribution >= 0.6 is 27.3 Å². The van der Waals surface area contributed by atoms with Crippen molar-refractivity contribution < 1.29 is 8.42 Å². The first-order chi connectivity index (χ1) is 8.40. The molecule has 0 aliphatic carbocycles. The van der Waals surface area contributed by atoms with Gasteiger partial charge in [-0.2, -0.15) is 0 Å². The number of aryl methyl sites for hydroxylation is 2. The number of thiophene rings is 1. The Morgan fingerprint density at radius 1 is 1.33 bits per heavy atom. The summed E-state index contributed by atoms with van der Waals surface area (Å²) in [5, 5.41) is 0. The number of hydrogen-bond donors (Lipinski definition) is 1. The van der Waals surface area contributed by atoms with Crippen molar-refractivity contribution in [3.8, 4) is 0 Å². The summed E-state index contributed by atoms with van der Waals surface area (Å²) >= 11 is 4.52. The fourth-order valence-corrected chi connectivity index (χ4v) is 4.70. The van der Waals surface area contributed by atoms with Gasteiger partial charge in [0, 0.05) is 12.4 Å². The molecule has 1 N–H and O–H groups in total. The first-order valence-electron chi connectivity index (χ1n) is 5.09. The van der Waals surface area contributed by atoms with E-state index >= 15 is 0 Å². The van der Waals surface area contributed by atoms with E-state index in [9.17, 15) is 8.42 Å². The molecule has 0 aliphatic rings. The maximum absolute atomic E-state index is 12.2. The lowest BCUT2D eigenvalue weighted by atomic mass is 10.3. The molecule has 0 radical (unpaired) electrons. The van der Waals surface area contributed by atoms with Crippen LogP contribution in [-0.4, -0.2) is 13.4 Å². The quantitative estimate of drug-likeness (QED) is 0.927. The molecular formula is C11H11BrN2O2S2. The first-order valence-corrected chi connectivity index (χ1v) is 8.19. The summed E-state index contributed by atoms with van der Waals surface area (Å²) in [6.45, 7) is 3.66. The van der Waals surface area contributed by atoms with Crippen molar-refractivity contribution >= 4 is 43.0 Å². The standard InChI is InChI=1S/C11H11BrN2O2S2/c1-7-5-10(17-11(7)12)18(15,16)14-9-3-4-13-6-8(9)2/h3-6H,1-2H3,(H,13,14). The molecule has 0 saturated heterocycles. The van der Waals surface area contributed by atoms with Gasteiger partial charge in [0.05, 0.1) is 9.47 Å². The van der Waals surface area contributed by atoms with Crippen LogP contribution in [0.1, 0.15) is 11.1 Å². The minimum atomic E-state index is -3.53. The molecule has 0 fully saturated rings. The molecule has 0 atom stereocenters. The van der Waals surface area contributed by atoms with Crippen LogP contribution in [0.5, 0.6) is 0 Å². The molecule has 4 nitrogen and oxygen atoms in total. The van der Waals surface area contributed by atoms with Gasteiger partial charge in [0.1, 0.15) is 4.21 Å². The predicted octanol–water partition coefficient (Wildman–Crippen LogP) is 3.32. The van der Waals surface area contributed by atoms with Gasteiger partial charge < -0.3 is 0 Å². The maximum atomic E-state index is 12.2. The molecule has 0 aromatic carbocycles. The SMILES string of the molecule is Cc1cnccc1NS(=O)(=O)c1cc(C)c(Br)s1. The summed E-state index contributed by atoms with van der Waals surface area (Å²) in [5.41, 5.74) is 2.24.